The second-order valence-corrected chi connectivity index (χ2v) is 5.43. The zero-order valence-electron chi connectivity index (χ0n) is 12.1. The van der Waals surface area contributed by atoms with Crippen LogP contribution in [0.5, 0.6) is 5.75 Å². The first kappa shape index (κ1) is 15.5. The first-order valence-electron chi connectivity index (χ1n) is 6.53. The van der Waals surface area contributed by atoms with Crippen LogP contribution in [0.4, 0.5) is 0 Å². The number of methoxy groups -OCH3 is 1. The van der Waals surface area contributed by atoms with E-state index in [1.54, 1.807) is 33.1 Å². The summed E-state index contributed by atoms with van der Waals surface area (Å²) in [6, 6.07) is 6.74. The van der Waals surface area contributed by atoms with Crippen molar-refractivity contribution >= 4 is 17.1 Å². The Hall–Kier alpha value is -1.86. The highest BCUT2D eigenvalue weighted by Crippen LogP contribution is 2.29. The highest BCUT2D eigenvalue weighted by atomic mass is 32.2. The van der Waals surface area contributed by atoms with Crippen molar-refractivity contribution in [3.05, 3.63) is 41.1 Å². The summed E-state index contributed by atoms with van der Waals surface area (Å²) >= 11 is -1.45. The van der Waals surface area contributed by atoms with Gasteiger partial charge in [0.25, 0.3) is 0 Å². The molecule has 1 aromatic rings. The monoisotopic (exact) mass is 310 g/mol. The van der Waals surface area contributed by atoms with Crippen LogP contribution in [0, 0.1) is 0 Å². The highest BCUT2D eigenvalue weighted by molar-refractivity contribution is 7.81. The highest BCUT2D eigenvalue weighted by Gasteiger charge is 2.31. The van der Waals surface area contributed by atoms with Gasteiger partial charge >= 0.3 is 5.97 Å². The van der Waals surface area contributed by atoms with Crippen molar-refractivity contribution in [3.63, 3.8) is 0 Å². The number of hydrogen-bond donors (Lipinski definition) is 2. The van der Waals surface area contributed by atoms with Crippen LogP contribution in [0.25, 0.3) is 0 Å². The van der Waals surface area contributed by atoms with Crippen molar-refractivity contribution < 1.29 is 18.5 Å². The van der Waals surface area contributed by atoms with E-state index in [4.69, 9.17) is 9.47 Å². The molecule has 1 aliphatic heterocycles. The Labute approximate surface area is 126 Å². The number of carbonyl (C=O) groups is 1. The number of benzene rings is 1. The third-order valence-corrected chi connectivity index (χ3v) is 4.05. The zero-order valence-corrected chi connectivity index (χ0v) is 13.0. The molecule has 21 heavy (non-hydrogen) atoms. The number of hydrogen-bond acceptors (Lipinski definition) is 4. The summed E-state index contributed by atoms with van der Waals surface area (Å²) in [4.78, 5) is 12.1. The molecular formula is C14H18N2O4S. The molecule has 1 aromatic carbocycles. The predicted octanol–water partition coefficient (Wildman–Crippen LogP) is 1.34. The van der Waals surface area contributed by atoms with Gasteiger partial charge in [-0.15, -0.1) is 0 Å². The molecule has 2 rings (SSSR count). The van der Waals surface area contributed by atoms with Gasteiger partial charge in [-0.05, 0) is 31.5 Å². The Balaban J connectivity index is 2.39. The number of carbonyl (C=O) groups excluding carboxylic acids is 1. The van der Waals surface area contributed by atoms with Crippen molar-refractivity contribution in [1.29, 1.82) is 0 Å². The van der Waals surface area contributed by atoms with Gasteiger partial charge in [-0.1, -0.05) is 12.1 Å². The van der Waals surface area contributed by atoms with Crippen molar-refractivity contribution in [2.24, 2.45) is 0 Å². The van der Waals surface area contributed by atoms with Crippen molar-refractivity contribution in [2.45, 2.75) is 19.9 Å². The third-order valence-electron chi connectivity index (χ3n) is 3.11. The van der Waals surface area contributed by atoms with E-state index in [1.165, 1.54) is 0 Å². The smallest absolute Gasteiger partial charge is 0.337 e. The van der Waals surface area contributed by atoms with Crippen LogP contribution in [0.2, 0.25) is 0 Å². The van der Waals surface area contributed by atoms with E-state index in [0.717, 1.165) is 5.56 Å². The minimum atomic E-state index is -1.45. The van der Waals surface area contributed by atoms with Crippen molar-refractivity contribution in [1.82, 2.24) is 9.44 Å². The van der Waals surface area contributed by atoms with Crippen LogP contribution in [0.15, 0.2) is 35.5 Å². The van der Waals surface area contributed by atoms with E-state index in [0.29, 0.717) is 17.0 Å². The number of rotatable bonds is 4. The molecule has 0 radical (unpaired) electrons. The molecule has 0 aromatic heterocycles. The molecule has 0 bridgehead atoms. The van der Waals surface area contributed by atoms with Gasteiger partial charge in [-0.3, -0.25) is 4.72 Å². The molecule has 0 fully saturated rings. The van der Waals surface area contributed by atoms with Crippen LogP contribution in [0.3, 0.4) is 0 Å². The number of allylic oxidation sites excluding steroid dienone is 1. The second kappa shape index (κ2) is 6.73. The summed E-state index contributed by atoms with van der Waals surface area (Å²) in [5.41, 5.74) is 1.79. The Morgan fingerprint density at radius 1 is 1.33 bits per heavy atom. The maximum Gasteiger partial charge on any atom is 0.337 e. The van der Waals surface area contributed by atoms with E-state index in [9.17, 15) is 9.00 Å². The Morgan fingerprint density at radius 3 is 2.57 bits per heavy atom. The molecule has 0 unspecified atom stereocenters. The van der Waals surface area contributed by atoms with Crippen LogP contribution in [-0.4, -0.2) is 23.9 Å². The van der Waals surface area contributed by atoms with Gasteiger partial charge < -0.3 is 9.47 Å². The molecule has 1 heterocycles. The molecular weight excluding hydrogens is 292 g/mol. The lowest BCUT2D eigenvalue weighted by Gasteiger charge is -2.27. The minimum Gasteiger partial charge on any atom is -0.497 e. The summed E-state index contributed by atoms with van der Waals surface area (Å²) in [6.07, 6.45) is 0. The number of esters is 1. The third kappa shape index (κ3) is 3.43. The standard InChI is InChI=1S/C14H18N2O4S/c1-4-20-14(17)12-9(2)15-21(18)16-13(12)10-5-7-11(19-3)8-6-10/h5-8,13,15-16H,4H2,1-3H3/t13-,21+/m1/s1. The molecule has 0 aliphatic carbocycles. The summed E-state index contributed by atoms with van der Waals surface area (Å²) in [5, 5.41) is 0. The summed E-state index contributed by atoms with van der Waals surface area (Å²) in [6.45, 7) is 3.74. The normalized spacial score (nSPS) is 21.7. The minimum absolute atomic E-state index is 0.286. The first-order valence-corrected chi connectivity index (χ1v) is 7.68. The van der Waals surface area contributed by atoms with Crippen LogP contribution >= 0.6 is 0 Å². The van der Waals surface area contributed by atoms with Crippen LogP contribution in [-0.2, 0) is 20.7 Å². The van der Waals surface area contributed by atoms with E-state index >= 15 is 0 Å². The van der Waals surface area contributed by atoms with Gasteiger partial charge in [-0.25, -0.2) is 13.7 Å². The van der Waals surface area contributed by atoms with E-state index in [2.05, 4.69) is 9.44 Å². The maximum atomic E-state index is 12.1. The fraction of sp³-hybridized carbons (Fsp3) is 0.357. The molecule has 0 saturated heterocycles. The number of ether oxygens (including phenoxy) is 2. The van der Waals surface area contributed by atoms with Crippen molar-refractivity contribution in [3.8, 4) is 5.75 Å². The lowest BCUT2D eigenvalue weighted by molar-refractivity contribution is -0.139. The molecule has 114 valence electrons. The largest absolute Gasteiger partial charge is 0.497 e. The molecule has 0 amide bonds. The summed E-state index contributed by atoms with van der Waals surface area (Å²) in [5.74, 6) is 0.291. The Bertz CT molecular complexity index is 583. The van der Waals surface area contributed by atoms with Gasteiger partial charge in [0.15, 0.2) is 11.2 Å². The SMILES string of the molecule is CCOC(=O)C1=C(C)N[S@](=O)N[C@@H]1c1ccc(OC)cc1. The zero-order chi connectivity index (χ0) is 15.4. The van der Waals surface area contributed by atoms with Gasteiger partial charge in [-0.2, -0.15) is 0 Å². The summed E-state index contributed by atoms with van der Waals surface area (Å²) in [7, 11) is 1.58. The molecule has 1 aliphatic rings. The second-order valence-electron chi connectivity index (χ2n) is 4.45. The van der Waals surface area contributed by atoms with Gasteiger partial charge in [0.05, 0.1) is 25.3 Å². The predicted molar refractivity (Wildman–Crippen MR) is 79.5 cm³/mol. The Kier molecular flexibility index (Phi) is 4.98. The van der Waals surface area contributed by atoms with Gasteiger partial charge in [0.2, 0.25) is 0 Å². The average molecular weight is 310 g/mol. The fourth-order valence-corrected chi connectivity index (χ4v) is 3.03. The summed E-state index contributed by atoms with van der Waals surface area (Å²) < 4.78 is 27.5. The average Bonchev–Trinajstić information content (AvgIpc) is 2.46. The topological polar surface area (TPSA) is 76.7 Å². The lowest BCUT2D eigenvalue weighted by atomic mass is 9.98. The maximum absolute atomic E-state index is 12.1. The van der Waals surface area contributed by atoms with E-state index < -0.39 is 23.2 Å². The molecule has 6 nitrogen and oxygen atoms in total. The molecule has 0 saturated carbocycles. The lowest BCUT2D eigenvalue weighted by Crippen LogP contribution is -2.41. The first-order chi connectivity index (χ1) is 10.1. The molecule has 0 spiro atoms. The Morgan fingerprint density at radius 2 is 2.00 bits per heavy atom. The van der Waals surface area contributed by atoms with Crippen LogP contribution in [0.1, 0.15) is 25.5 Å². The van der Waals surface area contributed by atoms with Crippen LogP contribution < -0.4 is 14.2 Å². The molecule has 2 atom stereocenters. The van der Waals surface area contributed by atoms with E-state index in [1.807, 2.05) is 12.1 Å². The van der Waals surface area contributed by atoms with Gasteiger partial charge in [0.1, 0.15) is 5.75 Å². The van der Waals surface area contributed by atoms with E-state index in [-0.39, 0.29) is 6.61 Å². The van der Waals surface area contributed by atoms with Crippen molar-refractivity contribution in [2.75, 3.05) is 13.7 Å². The quantitative estimate of drug-likeness (QED) is 0.823. The number of nitrogens with one attached hydrogen (secondary N) is 2. The van der Waals surface area contributed by atoms with Gasteiger partial charge in [0, 0.05) is 5.70 Å². The molecule has 2 N–H and O–H groups in total. The fourth-order valence-electron chi connectivity index (χ4n) is 2.12. The molecule has 7 heteroatoms.